The first-order chi connectivity index (χ1) is 11.0. The highest BCUT2D eigenvalue weighted by Gasteiger charge is 2.32. The summed E-state index contributed by atoms with van der Waals surface area (Å²) in [5.41, 5.74) is 0. The second-order valence-electron chi connectivity index (χ2n) is 6.20. The van der Waals surface area contributed by atoms with Gasteiger partial charge >= 0.3 is 0 Å². The summed E-state index contributed by atoms with van der Waals surface area (Å²) < 4.78 is 28.5. The molecule has 0 radical (unpaired) electrons. The van der Waals surface area contributed by atoms with E-state index in [2.05, 4.69) is 15.5 Å². The topological polar surface area (TPSA) is 102 Å². The van der Waals surface area contributed by atoms with Crippen molar-refractivity contribution in [3.05, 3.63) is 5.89 Å². The Bertz CT molecular complexity index is 653. The van der Waals surface area contributed by atoms with E-state index in [-0.39, 0.29) is 29.1 Å². The number of hydrogen-bond acceptors (Lipinski definition) is 7. The molecule has 7 nitrogen and oxygen atoms in total. The molecule has 1 atom stereocenters. The molecule has 2 heterocycles. The van der Waals surface area contributed by atoms with Crippen molar-refractivity contribution in [2.24, 2.45) is 0 Å². The summed E-state index contributed by atoms with van der Waals surface area (Å²) in [4.78, 5) is 11.9. The second-order valence-corrected chi connectivity index (χ2v) is 9.35. The molecule has 1 N–H and O–H groups in total. The number of thioether (sulfide) groups is 1. The normalized spacial score (nSPS) is 24.6. The van der Waals surface area contributed by atoms with Crippen LogP contribution in [0.2, 0.25) is 0 Å². The third-order valence-electron chi connectivity index (χ3n) is 4.30. The van der Waals surface area contributed by atoms with Crippen molar-refractivity contribution in [1.82, 2.24) is 15.5 Å². The monoisotopic (exact) mass is 359 g/mol. The van der Waals surface area contributed by atoms with Crippen LogP contribution in [-0.2, 0) is 14.6 Å². The molecule has 0 spiro atoms. The van der Waals surface area contributed by atoms with E-state index in [0.29, 0.717) is 23.6 Å². The Balaban J connectivity index is 1.46. The minimum atomic E-state index is -2.98. The van der Waals surface area contributed by atoms with Gasteiger partial charge in [-0.25, -0.2) is 8.42 Å². The van der Waals surface area contributed by atoms with Gasteiger partial charge in [0.1, 0.15) is 0 Å². The number of sulfone groups is 1. The van der Waals surface area contributed by atoms with Crippen LogP contribution in [0.1, 0.15) is 50.3 Å². The summed E-state index contributed by atoms with van der Waals surface area (Å²) in [7, 11) is -2.98. The van der Waals surface area contributed by atoms with Crippen molar-refractivity contribution in [1.29, 1.82) is 0 Å². The van der Waals surface area contributed by atoms with Gasteiger partial charge in [-0.15, -0.1) is 10.2 Å². The van der Waals surface area contributed by atoms with Gasteiger partial charge in [0.15, 0.2) is 9.84 Å². The number of hydrogen-bond donors (Lipinski definition) is 1. The van der Waals surface area contributed by atoms with Crippen molar-refractivity contribution in [2.45, 2.75) is 55.7 Å². The molecular formula is C14H21N3O4S2. The van der Waals surface area contributed by atoms with Gasteiger partial charge in [0.2, 0.25) is 11.8 Å². The van der Waals surface area contributed by atoms with Crippen LogP contribution in [0.5, 0.6) is 0 Å². The van der Waals surface area contributed by atoms with Gasteiger partial charge in [0.05, 0.1) is 23.2 Å². The summed E-state index contributed by atoms with van der Waals surface area (Å²) in [5.74, 6) is 0.610. The standard InChI is InChI=1S/C14H21N3O4S2/c18-12(15-11-4-2-1-3-5-11)8-22-14-17-16-13(21-14)10-6-7-23(19,20)9-10/h10-11H,1-9H2,(H,15,18)/t10-/m0/s1. The van der Waals surface area contributed by atoms with E-state index in [4.69, 9.17) is 4.42 Å². The Hall–Kier alpha value is -1.09. The smallest absolute Gasteiger partial charge is 0.277 e. The SMILES string of the molecule is O=C(CSc1nnc([C@H]2CCS(=O)(=O)C2)o1)NC1CCCCC1. The van der Waals surface area contributed by atoms with Crippen molar-refractivity contribution in [3.63, 3.8) is 0 Å². The van der Waals surface area contributed by atoms with Crippen LogP contribution in [0.3, 0.4) is 0 Å². The quantitative estimate of drug-likeness (QED) is 0.795. The zero-order chi connectivity index (χ0) is 16.3. The molecule has 1 aromatic rings. The lowest BCUT2D eigenvalue weighted by Crippen LogP contribution is -2.37. The molecule has 2 fully saturated rings. The van der Waals surface area contributed by atoms with Crippen molar-refractivity contribution >= 4 is 27.5 Å². The van der Waals surface area contributed by atoms with Crippen LogP contribution in [0.25, 0.3) is 0 Å². The predicted molar refractivity (Wildman–Crippen MR) is 86.0 cm³/mol. The zero-order valence-corrected chi connectivity index (χ0v) is 14.5. The molecule has 23 heavy (non-hydrogen) atoms. The molecule has 0 bridgehead atoms. The summed E-state index contributed by atoms with van der Waals surface area (Å²) >= 11 is 1.19. The number of carbonyl (C=O) groups is 1. The van der Waals surface area contributed by atoms with Crippen LogP contribution in [0, 0.1) is 0 Å². The fraction of sp³-hybridized carbons (Fsp3) is 0.786. The van der Waals surface area contributed by atoms with Crippen molar-refractivity contribution in [2.75, 3.05) is 17.3 Å². The van der Waals surface area contributed by atoms with Gasteiger partial charge in [-0.3, -0.25) is 4.79 Å². The summed E-state index contributed by atoms with van der Waals surface area (Å²) in [5, 5.41) is 11.2. The van der Waals surface area contributed by atoms with Crippen LogP contribution in [0.4, 0.5) is 0 Å². The average molecular weight is 359 g/mol. The highest BCUT2D eigenvalue weighted by Crippen LogP contribution is 2.29. The average Bonchev–Trinajstić information content (AvgIpc) is 3.12. The minimum Gasteiger partial charge on any atom is -0.416 e. The molecule has 0 unspecified atom stereocenters. The molecule has 9 heteroatoms. The Morgan fingerprint density at radius 2 is 2.00 bits per heavy atom. The van der Waals surface area contributed by atoms with Gasteiger partial charge in [-0.05, 0) is 19.3 Å². The van der Waals surface area contributed by atoms with E-state index >= 15 is 0 Å². The molecule has 1 saturated carbocycles. The van der Waals surface area contributed by atoms with Gasteiger partial charge in [-0.1, -0.05) is 31.0 Å². The van der Waals surface area contributed by atoms with E-state index in [0.717, 1.165) is 12.8 Å². The summed E-state index contributed by atoms with van der Waals surface area (Å²) in [6, 6.07) is 0.291. The Kier molecular flexibility index (Phi) is 5.25. The van der Waals surface area contributed by atoms with Gasteiger partial charge in [0, 0.05) is 6.04 Å². The fourth-order valence-electron chi connectivity index (χ4n) is 3.08. The molecule has 1 aliphatic carbocycles. The lowest BCUT2D eigenvalue weighted by molar-refractivity contribution is -0.119. The summed E-state index contributed by atoms with van der Waals surface area (Å²) in [6.07, 6.45) is 6.24. The number of aromatic nitrogens is 2. The number of amides is 1. The third kappa shape index (κ3) is 4.69. The molecule has 3 rings (SSSR count). The molecule has 1 aromatic heterocycles. The van der Waals surface area contributed by atoms with E-state index in [1.165, 1.54) is 31.0 Å². The Morgan fingerprint density at radius 1 is 1.22 bits per heavy atom. The molecule has 1 saturated heterocycles. The third-order valence-corrected chi connectivity index (χ3v) is 6.89. The van der Waals surface area contributed by atoms with E-state index in [1.807, 2.05) is 0 Å². The molecule has 0 aromatic carbocycles. The largest absolute Gasteiger partial charge is 0.416 e. The molecule has 2 aliphatic rings. The lowest BCUT2D eigenvalue weighted by Gasteiger charge is -2.22. The summed E-state index contributed by atoms with van der Waals surface area (Å²) in [6.45, 7) is 0. The van der Waals surface area contributed by atoms with Crippen LogP contribution >= 0.6 is 11.8 Å². The second kappa shape index (κ2) is 7.21. The highest BCUT2D eigenvalue weighted by atomic mass is 32.2. The molecule has 128 valence electrons. The van der Waals surface area contributed by atoms with E-state index in [9.17, 15) is 13.2 Å². The first kappa shape index (κ1) is 16.8. The van der Waals surface area contributed by atoms with Crippen molar-refractivity contribution < 1.29 is 17.6 Å². The maximum absolute atomic E-state index is 11.9. The number of nitrogens with one attached hydrogen (secondary N) is 1. The van der Waals surface area contributed by atoms with Crippen LogP contribution < -0.4 is 5.32 Å². The molecule has 1 aliphatic heterocycles. The van der Waals surface area contributed by atoms with E-state index < -0.39 is 9.84 Å². The molecular weight excluding hydrogens is 338 g/mol. The lowest BCUT2D eigenvalue weighted by atomic mass is 9.95. The molecule has 1 amide bonds. The fourth-order valence-corrected chi connectivity index (χ4v) is 5.39. The Labute approximate surface area is 139 Å². The zero-order valence-electron chi connectivity index (χ0n) is 12.9. The number of carbonyl (C=O) groups excluding carboxylic acids is 1. The number of nitrogens with zero attached hydrogens (tertiary/aromatic N) is 2. The number of rotatable bonds is 5. The van der Waals surface area contributed by atoms with Gasteiger partial charge < -0.3 is 9.73 Å². The Morgan fingerprint density at radius 3 is 2.70 bits per heavy atom. The van der Waals surface area contributed by atoms with Crippen LogP contribution in [-0.4, -0.2) is 47.8 Å². The van der Waals surface area contributed by atoms with Crippen LogP contribution in [0.15, 0.2) is 9.64 Å². The maximum atomic E-state index is 11.9. The first-order valence-corrected chi connectivity index (χ1v) is 10.8. The maximum Gasteiger partial charge on any atom is 0.277 e. The van der Waals surface area contributed by atoms with Gasteiger partial charge in [-0.2, -0.15) is 0 Å². The van der Waals surface area contributed by atoms with E-state index in [1.54, 1.807) is 0 Å². The van der Waals surface area contributed by atoms with Crippen molar-refractivity contribution in [3.8, 4) is 0 Å². The predicted octanol–water partition coefficient (Wildman–Crippen LogP) is 1.51. The first-order valence-electron chi connectivity index (χ1n) is 7.98. The highest BCUT2D eigenvalue weighted by molar-refractivity contribution is 7.99. The van der Waals surface area contributed by atoms with Gasteiger partial charge in [0.25, 0.3) is 5.22 Å². The minimum absolute atomic E-state index is 0.0231.